The number of primary amides is 1. The van der Waals surface area contributed by atoms with E-state index < -0.39 is 23.4 Å². The normalized spacial score (nSPS) is 11.7. The summed E-state index contributed by atoms with van der Waals surface area (Å²) in [6.45, 7) is 3.75. The minimum atomic E-state index is -1.42. The molecular formula is C17H17N3O4. The number of para-hydroxylation sites is 1. The standard InChI is InChI=1S/C17H17N3O4/c1-3-20-12-8-6-5-7-10(12)13(11(9-18)15(19)21)14(16(20)22)17(23)24-4-2/h5-8,11H,3-4H2,1-2H3,(H2,19,21). The third-order valence-corrected chi connectivity index (χ3v) is 3.71. The number of hydrogen-bond acceptors (Lipinski definition) is 5. The number of aryl methyl sites for hydroxylation is 1. The molecular weight excluding hydrogens is 310 g/mol. The van der Waals surface area contributed by atoms with Crippen LogP contribution < -0.4 is 11.3 Å². The molecule has 124 valence electrons. The van der Waals surface area contributed by atoms with Crippen molar-refractivity contribution in [2.24, 2.45) is 5.73 Å². The fourth-order valence-electron chi connectivity index (χ4n) is 2.72. The van der Waals surface area contributed by atoms with Crippen LogP contribution in [0.2, 0.25) is 0 Å². The van der Waals surface area contributed by atoms with Crippen LogP contribution in [0.4, 0.5) is 0 Å². The Morgan fingerprint density at radius 3 is 2.54 bits per heavy atom. The van der Waals surface area contributed by atoms with Gasteiger partial charge < -0.3 is 15.0 Å². The Morgan fingerprint density at radius 1 is 1.33 bits per heavy atom. The van der Waals surface area contributed by atoms with Crippen molar-refractivity contribution in [1.82, 2.24) is 4.57 Å². The van der Waals surface area contributed by atoms with Crippen LogP contribution in [0.5, 0.6) is 0 Å². The van der Waals surface area contributed by atoms with Gasteiger partial charge in [0.25, 0.3) is 5.56 Å². The molecule has 1 aromatic heterocycles. The number of rotatable bonds is 5. The smallest absolute Gasteiger partial charge is 0.344 e. The van der Waals surface area contributed by atoms with Gasteiger partial charge in [0.2, 0.25) is 5.91 Å². The molecule has 0 bridgehead atoms. The van der Waals surface area contributed by atoms with Crippen LogP contribution in [0.15, 0.2) is 29.1 Å². The van der Waals surface area contributed by atoms with Crippen molar-refractivity contribution in [3.05, 3.63) is 45.7 Å². The van der Waals surface area contributed by atoms with Crippen molar-refractivity contribution >= 4 is 22.8 Å². The van der Waals surface area contributed by atoms with E-state index in [-0.39, 0.29) is 17.7 Å². The lowest BCUT2D eigenvalue weighted by molar-refractivity contribution is -0.118. The first-order valence-electron chi connectivity index (χ1n) is 7.49. The Labute approximate surface area is 138 Å². The molecule has 2 aromatic rings. The van der Waals surface area contributed by atoms with Gasteiger partial charge in [-0.15, -0.1) is 0 Å². The van der Waals surface area contributed by atoms with Crippen molar-refractivity contribution in [3.63, 3.8) is 0 Å². The minimum absolute atomic E-state index is 0.00810. The highest BCUT2D eigenvalue weighted by Crippen LogP contribution is 2.28. The maximum absolute atomic E-state index is 12.8. The molecule has 0 saturated heterocycles. The summed E-state index contributed by atoms with van der Waals surface area (Å²) in [5.74, 6) is -3.22. The van der Waals surface area contributed by atoms with Crippen molar-refractivity contribution in [2.45, 2.75) is 26.3 Å². The Balaban J connectivity index is 3.03. The van der Waals surface area contributed by atoms with Crippen LogP contribution in [-0.4, -0.2) is 23.1 Å². The van der Waals surface area contributed by atoms with Crippen LogP contribution in [0.25, 0.3) is 10.9 Å². The number of carbonyl (C=O) groups excluding carboxylic acids is 2. The van der Waals surface area contributed by atoms with Gasteiger partial charge >= 0.3 is 5.97 Å². The molecule has 1 heterocycles. The number of fused-ring (bicyclic) bond motifs is 1. The zero-order valence-electron chi connectivity index (χ0n) is 13.4. The Kier molecular flexibility index (Phi) is 4.99. The molecule has 0 aliphatic heterocycles. The van der Waals surface area contributed by atoms with E-state index >= 15 is 0 Å². The maximum Gasteiger partial charge on any atom is 0.344 e. The third kappa shape index (κ3) is 2.74. The summed E-state index contributed by atoms with van der Waals surface area (Å²) < 4.78 is 6.36. The van der Waals surface area contributed by atoms with Gasteiger partial charge in [0, 0.05) is 17.5 Å². The molecule has 2 N–H and O–H groups in total. The number of nitriles is 1. The first-order valence-corrected chi connectivity index (χ1v) is 7.49. The second kappa shape index (κ2) is 6.96. The van der Waals surface area contributed by atoms with E-state index in [4.69, 9.17) is 10.5 Å². The van der Waals surface area contributed by atoms with Gasteiger partial charge in [0.15, 0.2) is 5.92 Å². The minimum Gasteiger partial charge on any atom is -0.462 e. The Morgan fingerprint density at radius 2 is 2.00 bits per heavy atom. The largest absolute Gasteiger partial charge is 0.462 e. The third-order valence-electron chi connectivity index (χ3n) is 3.71. The van der Waals surface area contributed by atoms with Crippen molar-refractivity contribution in [3.8, 4) is 6.07 Å². The molecule has 0 aliphatic rings. The van der Waals surface area contributed by atoms with Gasteiger partial charge in [-0.05, 0) is 19.9 Å². The number of benzene rings is 1. The van der Waals surface area contributed by atoms with Crippen LogP contribution in [-0.2, 0) is 16.1 Å². The molecule has 2 rings (SSSR count). The molecule has 7 heteroatoms. The molecule has 1 amide bonds. The quantitative estimate of drug-likeness (QED) is 0.831. The second-order valence-corrected chi connectivity index (χ2v) is 5.04. The van der Waals surface area contributed by atoms with E-state index in [1.165, 1.54) is 4.57 Å². The van der Waals surface area contributed by atoms with E-state index in [1.807, 2.05) is 0 Å². The number of nitrogens with zero attached hydrogens (tertiary/aromatic N) is 2. The number of esters is 1. The molecule has 0 fully saturated rings. The zero-order valence-corrected chi connectivity index (χ0v) is 13.4. The van der Waals surface area contributed by atoms with Crippen molar-refractivity contribution in [2.75, 3.05) is 6.61 Å². The first kappa shape index (κ1) is 17.2. The van der Waals surface area contributed by atoms with Gasteiger partial charge in [-0.25, -0.2) is 4.79 Å². The Bertz CT molecular complexity index is 908. The molecule has 0 saturated carbocycles. The summed E-state index contributed by atoms with van der Waals surface area (Å²) in [6.07, 6.45) is 0. The highest BCUT2D eigenvalue weighted by Gasteiger charge is 2.30. The predicted octanol–water partition coefficient (Wildman–Crippen LogP) is 1.29. The van der Waals surface area contributed by atoms with Crippen LogP contribution >= 0.6 is 0 Å². The van der Waals surface area contributed by atoms with Gasteiger partial charge in [0.05, 0.1) is 18.2 Å². The lowest BCUT2D eigenvalue weighted by atomic mass is 9.91. The van der Waals surface area contributed by atoms with Crippen LogP contribution in [0, 0.1) is 11.3 Å². The second-order valence-electron chi connectivity index (χ2n) is 5.04. The van der Waals surface area contributed by atoms with Crippen molar-refractivity contribution in [1.29, 1.82) is 5.26 Å². The highest BCUT2D eigenvalue weighted by atomic mass is 16.5. The van der Waals surface area contributed by atoms with Gasteiger partial charge in [-0.3, -0.25) is 9.59 Å². The lowest BCUT2D eigenvalue weighted by Crippen LogP contribution is -2.32. The van der Waals surface area contributed by atoms with Gasteiger partial charge in [-0.1, -0.05) is 18.2 Å². The van der Waals surface area contributed by atoms with Gasteiger partial charge in [-0.2, -0.15) is 5.26 Å². The average molecular weight is 327 g/mol. The molecule has 7 nitrogen and oxygen atoms in total. The summed E-state index contributed by atoms with van der Waals surface area (Å²) in [6, 6.07) is 8.54. The topological polar surface area (TPSA) is 115 Å². The lowest BCUT2D eigenvalue weighted by Gasteiger charge is -2.17. The summed E-state index contributed by atoms with van der Waals surface area (Å²) in [7, 11) is 0. The SMILES string of the molecule is CCOC(=O)c1c(C(C#N)C(N)=O)c2ccccc2n(CC)c1=O. The Hall–Kier alpha value is -3.14. The summed E-state index contributed by atoms with van der Waals surface area (Å²) in [5.41, 5.74) is 4.92. The monoisotopic (exact) mass is 327 g/mol. The van der Waals surface area contributed by atoms with E-state index in [1.54, 1.807) is 44.2 Å². The number of pyridine rings is 1. The molecule has 1 aromatic carbocycles. The molecule has 0 aliphatic carbocycles. The number of carbonyl (C=O) groups is 2. The predicted molar refractivity (Wildman–Crippen MR) is 87.4 cm³/mol. The average Bonchev–Trinajstić information content (AvgIpc) is 2.55. The van der Waals surface area contributed by atoms with E-state index in [0.29, 0.717) is 17.4 Å². The summed E-state index contributed by atoms with van der Waals surface area (Å²) in [4.78, 5) is 36.9. The van der Waals surface area contributed by atoms with Gasteiger partial charge in [0.1, 0.15) is 5.56 Å². The van der Waals surface area contributed by atoms with E-state index in [0.717, 1.165) is 0 Å². The summed E-state index contributed by atoms with van der Waals surface area (Å²) in [5, 5.41) is 9.80. The highest BCUT2D eigenvalue weighted by molar-refractivity contribution is 6.02. The fourth-order valence-corrected chi connectivity index (χ4v) is 2.72. The first-order chi connectivity index (χ1) is 11.5. The number of hydrogen-bond donors (Lipinski definition) is 1. The van der Waals surface area contributed by atoms with Crippen LogP contribution in [0.3, 0.4) is 0 Å². The summed E-state index contributed by atoms with van der Waals surface area (Å²) >= 11 is 0. The number of aromatic nitrogens is 1. The molecule has 1 unspecified atom stereocenters. The van der Waals surface area contributed by atoms with E-state index in [9.17, 15) is 19.6 Å². The van der Waals surface area contributed by atoms with Crippen molar-refractivity contribution < 1.29 is 14.3 Å². The maximum atomic E-state index is 12.8. The van der Waals surface area contributed by atoms with Crippen LogP contribution in [0.1, 0.15) is 35.7 Å². The number of amides is 1. The zero-order chi connectivity index (χ0) is 17.9. The fraction of sp³-hybridized carbons (Fsp3) is 0.294. The number of nitrogens with two attached hydrogens (primary N) is 1. The molecule has 24 heavy (non-hydrogen) atoms. The molecule has 0 spiro atoms. The molecule has 1 atom stereocenters. The molecule has 0 radical (unpaired) electrons. The van der Waals surface area contributed by atoms with E-state index in [2.05, 4.69) is 0 Å². The number of ether oxygens (including phenoxy) is 1.